The molecule has 0 heterocycles. The van der Waals surface area contributed by atoms with Crippen molar-refractivity contribution in [3.8, 4) is 0 Å². The maximum Gasteiger partial charge on any atom is 0.278 e. The van der Waals surface area contributed by atoms with Gasteiger partial charge < -0.3 is 10.6 Å². The molecule has 0 aliphatic carbocycles. The minimum absolute atomic E-state index is 0. The molecule has 0 unspecified atom stereocenters. The molecular formula is C6H14CuN2O2S2. The number of primary amides is 1. The molecule has 2 amide bonds. The minimum atomic E-state index is -0.639. The number of hydrogen-bond acceptors (Lipinski definition) is 2. The van der Waals surface area contributed by atoms with E-state index in [0.717, 1.165) is 13.1 Å². The standard InChI is InChI=1S/C5H11NOS.CH3NOS.Cu/c1-3-6(4-2)5(7)8;2-1(3)4;/h3-4H2,1-2H3,(H,7,8);(H3,2,3,4);. The van der Waals surface area contributed by atoms with Crippen LogP contribution in [0.3, 0.4) is 0 Å². The molecule has 0 aromatic carbocycles. The Morgan fingerprint density at radius 1 is 1.23 bits per heavy atom. The van der Waals surface area contributed by atoms with Crippen LogP contribution in [-0.2, 0) is 17.1 Å². The largest absolute Gasteiger partial charge is 0.361 e. The Kier molecular flexibility index (Phi) is 17.6. The Labute approximate surface area is 99.9 Å². The van der Waals surface area contributed by atoms with Crippen molar-refractivity contribution in [1.82, 2.24) is 4.90 Å². The quantitative estimate of drug-likeness (QED) is 0.526. The summed E-state index contributed by atoms with van der Waals surface area (Å²) in [6.07, 6.45) is 0. The molecule has 0 saturated heterocycles. The molecule has 0 bridgehead atoms. The third-order valence-corrected chi connectivity index (χ3v) is 1.32. The molecule has 0 aliphatic heterocycles. The second-order valence-electron chi connectivity index (χ2n) is 1.79. The summed E-state index contributed by atoms with van der Waals surface area (Å²) in [5.74, 6) is 0. The van der Waals surface area contributed by atoms with Gasteiger partial charge in [0.15, 0.2) is 0 Å². The molecule has 0 fully saturated rings. The van der Waals surface area contributed by atoms with Gasteiger partial charge in [-0.25, -0.2) is 0 Å². The van der Waals surface area contributed by atoms with Gasteiger partial charge in [0.25, 0.3) is 10.5 Å². The van der Waals surface area contributed by atoms with E-state index < -0.39 is 5.24 Å². The third-order valence-electron chi connectivity index (χ3n) is 1.03. The summed E-state index contributed by atoms with van der Waals surface area (Å²) < 4.78 is 0. The van der Waals surface area contributed by atoms with Crippen LogP contribution in [0.5, 0.6) is 0 Å². The van der Waals surface area contributed by atoms with Crippen LogP contribution in [0.2, 0.25) is 0 Å². The summed E-state index contributed by atoms with van der Waals surface area (Å²) in [5, 5.41) is -0.782. The van der Waals surface area contributed by atoms with Crippen LogP contribution in [0.15, 0.2) is 0 Å². The van der Waals surface area contributed by atoms with E-state index in [2.05, 4.69) is 31.0 Å². The Hall–Kier alpha value is 0.159. The molecule has 7 heteroatoms. The molecule has 1 radical (unpaired) electrons. The second-order valence-corrected chi connectivity index (χ2v) is 2.62. The molecule has 13 heavy (non-hydrogen) atoms. The Bertz CT molecular complexity index is 150. The van der Waals surface area contributed by atoms with Crippen LogP contribution < -0.4 is 5.73 Å². The SMILES string of the molecule is CCN(CC)C(=O)S.NC(=O)S.[Cu]. The molecule has 0 aromatic heterocycles. The number of carbonyl (C=O) groups excluding carboxylic acids is 2. The van der Waals surface area contributed by atoms with E-state index in [9.17, 15) is 4.79 Å². The summed E-state index contributed by atoms with van der Waals surface area (Å²) >= 11 is 6.75. The number of amides is 2. The van der Waals surface area contributed by atoms with Crippen LogP contribution in [-0.4, -0.2) is 28.5 Å². The average molecular weight is 274 g/mol. The predicted octanol–water partition coefficient (Wildman–Crippen LogP) is 1.37. The first-order chi connectivity index (χ1) is 5.45. The molecule has 2 N–H and O–H groups in total. The van der Waals surface area contributed by atoms with E-state index in [4.69, 9.17) is 4.79 Å². The summed E-state index contributed by atoms with van der Waals surface area (Å²) in [6, 6.07) is 0. The normalized spacial score (nSPS) is 7.38. The van der Waals surface area contributed by atoms with E-state index in [-0.39, 0.29) is 22.3 Å². The first kappa shape index (κ1) is 18.9. The van der Waals surface area contributed by atoms with Crippen LogP contribution in [0.25, 0.3) is 0 Å². The second kappa shape index (κ2) is 12.2. The molecule has 0 saturated carbocycles. The van der Waals surface area contributed by atoms with E-state index in [1.807, 2.05) is 13.8 Å². The molecule has 0 rings (SSSR count). The smallest absolute Gasteiger partial charge is 0.278 e. The van der Waals surface area contributed by atoms with Gasteiger partial charge in [-0.1, -0.05) is 25.3 Å². The maximum absolute atomic E-state index is 10.4. The number of carbonyl (C=O) groups is 2. The monoisotopic (exact) mass is 273 g/mol. The summed E-state index contributed by atoms with van der Waals surface area (Å²) in [5.41, 5.74) is 4.34. The van der Waals surface area contributed by atoms with E-state index in [1.54, 1.807) is 4.90 Å². The summed E-state index contributed by atoms with van der Waals surface area (Å²) in [7, 11) is 0. The molecule has 0 aromatic rings. The fraction of sp³-hybridized carbons (Fsp3) is 0.667. The summed E-state index contributed by atoms with van der Waals surface area (Å²) in [4.78, 5) is 21.1. The average Bonchev–Trinajstić information content (AvgIpc) is 1.87. The van der Waals surface area contributed by atoms with E-state index >= 15 is 0 Å². The van der Waals surface area contributed by atoms with Crippen LogP contribution in [0, 0.1) is 0 Å². The van der Waals surface area contributed by atoms with Gasteiger partial charge in [-0.05, 0) is 13.8 Å². The van der Waals surface area contributed by atoms with Gasteiger partial charge in [0.1, 0.15) is 0 Å². The zero-order chi connectivity index (χ0) is 10.1. The number of thiol groups is 2. The van der Waals surface area contributed by atoms with Crippen molar-refractivity contribution in [1.29, 1.82) is 0 Å². The molecular weight excluding hydrogens is 260 g/mol. The van der Waals surface area contributed by atoms with Crippen molar-refractivity contribution >= 4 is 35.7 Å². The molecule has 4 nitrogen and oxygen atoms in total. The zero-order valence-electron chi connectivity index (χ0n) is 7.45. The van der Waals surface area contributed by atoms with Gasteiger partial charge in [0.2, 0.25) is 0 Å². The van der Waals surface area contributed by atoms with Gasteiger partial charge >= 0.3 is 0 Å². The molecule has 0 spiro atoms. The zero-order valence-corrected chi connectivity index (χ0v) is 10.2. The van der Waals surface area contributed by atoms with Gasteiger partial charge in [-0.3, -0.25) is 9.59 Å². The van der Waals surface area contributed by atoms with Gasteiger partial charge in [-0.2, -0.15) is 0 Å². The summed E-state index contributed by atoms with van der Waals surface area (Å²) in [6.45, 7) is 5.35. The van der Waals surface area contributed by atoms with Crippen molar-refractivity contribution in [2.45, 2.75) is 13.8 Å². The van der Waals surface area contributed by atoms with Crippen molar-refractivity contribution in [2.24, 2.45) is 5.73 Å². The fourth-order valence-corrected chi connectivity index (χ4v) is 0.777. The van der Waals surface area contributed by atoms with E-state index in [1.165, 1.54) is 0 Å². The number of nitrogens with zero attached hydrogens (tertiary/aromatic N) is 1. The Morgan fingerprint density at radius 2 is 1.46 bits per heavy atom. The number of hydrogen-bond donors (Lipinski definition) is 3. The first-order valence-electron chi connectivity index (χ1n) is 3.41. The van der Waals surface area contributed by atoms with Crippen molar-refractivity contribution in [2.75, 3.05) is 13.1 Å². The molecule has 0 atom stereocenters. The van der Waals surface area contributed by atoms with Crippen molar-refractivity contribution in [3.05, 3.63) is 0 Å². The van der Waals surface area contributed by atoms with Crippen LogP contribution in [0.1, 0.15) is 13.8 Å². The third kappa shape index (κ3) is 18.9. The number of rotatable bonds is 2. The van der Waals surface area contributed by atoms with Gasteiger partial charge in [0.05, 0.1) is 0 Å². The fourth-order valence-electron chi connectivity index (χ4n) is 0.494. The maximum atomic E-state index is 10.4. The Balaban J connectivity index is -0.000000173. The van der Waals surface area contributed by atoms with Crippen molar-refractivity contribution in [3.63, 3.8) is 0 Å². The topological polar surface area (TPSA) is 63.4 Å². The van der Waals surface area contributed by atoms with E-state index in [0.29, 0.717) is 0 Å². The van der Waals surface area contributed by atoms with Gasteiger partial charge in [-0.15, -0.1) is 0 Å². The van der Waals surface area contributed by atoms with Crippen LogP contribution >= 0.6 is 25.3 Å². The minimum Gasteiger partial charge on any atom is -0.361 e. The van der Waals surface area contributed by atoms with Crippen LogP contribution in [0.4, 0.5) is 9.59 Å². The first-order valence-corrected chi connectivity index (χ1v) is 4.31. The van der Waals surface area contributed by atoms with Crippen molar-refractivity contribution < 1.29 is 26.7 Å². The molecule has 83 valence electrons. The van der Waals surface area contributed by atoms with Gasteiger partial charge in [0, 0.05) is 30.2 Å². The molecule has 0 aliphatic rings. The predicted molar refractivity (Wildman–Crippen MR) is 55.9 cm³/mol. The number of nitrogens with two attached hydrogens (primary N) is 1. The Morgan fingerprint density at radius 3 is 1.46 bits per heavy atom.